The quantitative estimate of drug-likeness (QED) is 0.615. The summed E-state index contributed by atoms with van der Waals surface area (Å²) in [6.45, 7) is 5.24. The number of aliphatic carboxylic acids is 1. The third-order valence-electron chi connectivity index (χ3n) is 3.42. The fourth-order valence-electron chi connectivity index (χ4n) is 2.21. The van der Waals surface area contributed by atoms with Gasteiger partial charge in [0.1, 0.15) is 0 Å². The van der Waals surface area contributed by atoms with Crippen LogP contribution < -0.4 is 5.32 Å². The van der Waals surface area contributed by atoms with E-state index in [4.69, 9.17) is 9.84 Å². The molecule has 0 bridgehead atoms. The van der Waals surface area contributed by atoms with Crippen molar-refractivity contribution in [3.05, 3.63) is 0 Å². The summed E-state index contributed by atoms with van der Waals surface area (Å²) in [5, 5.41) is 11.5. The summed E-state index contributed by atoms with van der Waals surface area (Å²) in [6, 6.07) is 0. The van der Waals surface area contributed by atoms with Gasteiger partial charge >= 0.3 is 5.97 Å². The van der Waals surface area contributed by atoms with Crippen molar-refractivity contribution >= 4 is 11.9 Å². The van der Waals surface area contributed by atoms with Crippen LogP contribution in [-0.4, -0.2) is 60.8 Å². The van der Waals surface area contributed by atoms with E-state index in [0.717, 1.165) is 45.3 Å². The van der Waals surface area contributed by atoms with Gasteiger partial charge in [0.05, 0.1) is 25.7 Å². The van der Waals surface area contributed by atoms with Crippen molar-refractivity contribution in [3.8, 4) is 0 Å². The molecule has 6 heteroatoms. The number of carboxylic acid groups (broad SMARTS) is 1. The Hall–Kier alpha value is -1.14. The Bertz CT molecular complexity index is 302. The summed E-state index contributed by atoms with van der Waals surface area (Å²) < 4.78 is 5.52. The molecule has 0 unspecified atom stereocenters. The first kappa shape index (κ1) is 16.9. The summed E-state index contributed by atoms with van der Waals surface area (Å²) in [5.74, 6) is -0.741. The average molecular weight is 286 g/mol. The zero-order valence-corrected chi connectivity index (χ0v) is 12.3. The number of piperidine rings is 1. The number of nitrogens with one attached hydrogen (secondary N) is 1. The number of rotatable bonds is 9. The summed E-state index contributed by atoms with van der Waals surface area (Å²) in [7, 11) is 0. The van der Waals surface area contributed by atoms with Gasteiger partial charge in [0.25, 0.3) is 0 Å². The number of carbonyl (C=O) groups excluding carboxylic acids is 1. The van der Waals surface area contributed by atoms with Crippen molar-refractivity contribution < 1.29 is 19.4 Å². The summed E-state index contributed by atoms with van der Waals surface area (Å²) in [4.78, 5) is 24.2. The normalized spacial score (nSPS) is 17.1. The molecule has 6 nitrogen and oxygen atoms in total. The maximum Gasteiger partial charge on any atom is 0.305 e. The molecule has 0 aromatic heterocycles. The molecule has 0 aliphatic carbocycles. The predicted octanol–water partition coefficient (Wildman–Crippen LogP) is 0.858. The first-order valence-electron chi connectivity index (χ1n) is 7.44. The molecule has 1 rings (SSSR count). The van der Waals surface area contributed by atoms with Crippen molar-refractivity contribution in [2.75, 3.05) is 32.8 Å². The first-order chi connectivity index (χ1) is 9.61. The van der Waals surface area contributed by atoms with Crippen molar-refractivity contribution in [1.29, 1.82) is 0 Å². The van der Waals surface area contributed by atoms with Gasteiger partial charge in [-0.2, -0.15) is 0 Å². The van der Waals surface area contributed by atoms with Crippen molar-refractivity contribution in [1.82, 2.24) is 10.2 Å². The molecule has 0 aromatic rings. The Balaban J connectivity index is 2.09. The van der Waals surface area contributed by atoms with Gasteiger partial charge in [-0.05, 0) is 19.3 Å². The Morgan fingerprint density at radius 2 is 2.05 bits per heavy atom. The summed E-state index contributed by atoms with van der Waals surface area (Å²) in [6.07, 6.45) is 4.02. The lowest BCUT2D eigenvalue weighted by Gasteiger charge is -2.31. The largest absolute Gasteiger partial charge is 0.481 e. The van der Waals surface area contributed by atoms with E-state index in [-0.39, 0.29) is 25.0 Å². The molecule has 20 heavy (non-hydrogen) atoms. The Morgan fingerprint density at radius 1 is 1.35 bits per heavy atom. The molecule has 0 radical (unpaired) electrons. The van der Waals surface area contributed by atoms with E-state index in [1.165, 1.54) is 0 Å². The van der Waals surface area contributed by atoms with E-state index >= 15 is 0 Å². The number of unbranched alkanes of at least 4 members (excludes halogenated alkanes) is 1. The maximum absolute atomic E-state index is 11.7. The monoisotopic (exact) mass is 286 g/mol. The minimum absolute atomic E-state index is 0.0556. The van der Waals surface area contributed by atoms with Gasteiger partial charge < -0.3 is 15.2 Å². The number of nitrogens with zero attached hydrogens (tertiary/aromatic N) is 1. The number of likely N-dealkylation sites (tertiary alicyclic amines) is 1. The van der Waals surface area contributed by atoms with Gasteiger partial charge in [0.15, 0.2) is 0 Å². The van der Waals surface area contributed by atoms with Gasteiger partial charge in [-0.1, -0.05) is 13.3 Å². The van der Waals surface area contributed by atoms with Crippen LogP contribution >= 0.6 is 0 Å². The Kier molecular flexibility index (Phi) is 8.22. The van der Waals surface area contributed by atoms with Gasteiger partial charge in [-0.3, -0.25) is 14.5 Å². The van der Waals surface area contributed by atoms with Crippen LogP contribution in [0.25, 0.3) is 0 Å². The number of hydrogen-bond acceptors (Lipinski definition) is 4. The number of amides is 1. The highest BCUT2D eigenvalue weighted by Crippen LogP contribution is 2.13. The molecule has 0 aromatic carbocycles. The van der Waals surface area contributed by atoms with E-state index in [0.29, 0.717) is 6.54 Å². The topological polar surface area (TPSA) is 78.9 Å². The first-order valence-corrected chi connectivity index (χ1v) is 7.44. The highest BCUT2D eigenvalue weighted by atomic mass is 16.5. The standard InChI is InChI=1S/C14H26N2O4/c1-2-3-7-15-13(17)11-16-8-4-12(5-9-16)20-10-6-14(18)19/h12H,2-11H2,1H3,(H,15,17)(H,18,19). The lowest BCUT2D eigenvalue weighted by atomic mass is 10.1. The van der Waals surface area contributed by atoms with Crippen LogP contribution in [0.5, 0.6) is 0 Å². The molecule has 1 aliphatic rings. The average Bonchev–Trinajstić information content (AvgIpc) is 2.41. The third-order valence-corrected chi connectivity index (χ3v) is 3.42. The zero-order valence-electron chi connectivity index (χ0n) is 12.3. The fraction of sp³-hybridized carbons (Fsp3) is 0.857. The van der Waals surface area contributed by atoms with Crippen LogP contribution in [0.2, 0.25) is 0 Å². The van der Waals surface area contributed by atoms with Crippen molar-refractivity contribution in [2.45, 2.75) is 45.1 Å². The number of ether oxygens (including phenoxy) is 1. The second-order valence-corrected chi connectivity index (χ2v) is 5.19. The SMILES string of the molecule is CCCCNC(=O)CN1CCC(OCCC(=O)O)CC1. The zero-order chi connectivity index (χ0) is 14.8. The predicted molar refractivity (Wildman–Crippen MR) is 75.6 cm³/mol. The molecule has 116 valence electrons. The molecule has 2 N–H and O–H groups in total. The highest BCUT2D eigenvalue weighted by Gasteiger charge is 2.21. The van der Waals surface area contributed by atoms with E-state index < -0.39 is 5.97 Å². The highest BCUT2D eigenvalue weighted by molar-refractivity contribution is 5.77. The van der Waals surface area contributed by atoms with Crippen LogP contribution in [-0.2, 0) is 14.3 Å². The lowest BCUT2D eigenvalue weighted by molar-refractivity contribution is -0.139. The third kappa shape index (κ3) is 7.45. The molecule has 1 heterocycles. The minimum atomic E-state index is -0.828. The fourth-order valence-corrected chi connectivity index (χ4v) is 2.21. The van der Waals surface area contributed by atoms with E-state index in [9.17, 15) is 9.59 Å². The van der Waals surface area contributed by atoms with Crippen LogP contribution in [0.3, 0.4) is 0 Å². The van der Waals surface area contributed by atoms with Crippen molar-refractivity contribution in [3.63, 3.8) is 0 Å². The number of carboxylic acids is 1. The van der Waals surface area contributed by atoms with E-state index in [1.54, 1.807) is 0 Å². The smallest absolute Gasteiger partial charge is 0.305 e. The number of hydrogen-bond donors (Lipinski definition) is 2. The van der Waals surface area contributed by atoms with Gasteiger partial charge in [0.2, 0.25) is 5.91 Å². The van der Waals surface area contributed by atoms with Gasteiger partial charge in [-0.25, -0.2) is 0 Å². The van der Waals surface area contributed by atoms with Crippen LogP contribution in [0.1, 0.15) is 39.0 Å². The summed E-state index contributed by atoms with van der Waals surface area (Å²) >= 11 is 0. The minimum Gasteiger partial charge on any atom is -0.481 e. The lowest BCUT2D eigenvalue weighted by Crippen LogP contribution is -2.43. The molecule has 0 saturated carbocycles. The van der Waals surface area contributed by atoms with Crippen LogP contribution in [0, 0.1) is 0 Å². The van der Waals surface area contributed by atoms with Crippen LogP contribution in [0.4, 0.5) is 0 Å². The molecule has 1 aliphatic heterocycles. The van der Waals surface area contributed by atoms with Gasteiger partial charge in [-0.15, -0.1) is 0 Å². The molecule has 1 amide bonds. The Labute approximate surface area is 120 Å². The van der Waals surface area contributed by atoms with Crippen molar-refractivity contribution in [2.24, 2.45) is 0 Å². The second-order valence-electron chi connectivity index (χ2n) is 5.19. The van der Waals surface area contributed by atoms with Crippen LogP contribution in [0.15, 0.2) is 0 Å². The molecular formula is C14H26N2O4. The van der Waals surface area contributed by atoms with E-state index in [1.807, 2.05) is 0 Å². The number of carbonyl (C=O) groups is 2. The summed E-state index contributed by atoms with van der Waals surface area (Å²) in [5.41, 5.74) is 0. The Morgan fingerprint density at radius 3 is 2.65 bits per heavy atom. The molecule has 1 fully saturated rings. The van der Waals surface area contributed by atoms with Gasteiger partial charge in [0, 0.05) is 19.6 Å². The molecule has 0 spiro atoms. The molecule has 0 atom stereocenters. The maximum atomic E-state index is 11.7. The molecule has 1 saturated heterocycles. The van der Waals surface area contributed by atoms with E-state index in [2.05, 4.69) is 17.1 Å². The second kappa shape index (κ2) is 9.72. The molecular weight excluding hydrogens is 260 g/mol.